The lowest BCUT2D eigenvalue weighted by molar-refractivity contribution is 0.0950. The maximum absolute atomic E-state index is 11.9. The number of benzene rings is 1. The Labute approximate surface area is 105 Å². The average molecular weight is 251 g/mol. The minimum absolute atomic E-state index is 0.0583. The Morgan fingerprint density at radius 2 is 2.22 bits per heavy atom. The molecule has 0 fully saturated rings. The van der Waals surface area contributed by atoms with Crippen molar-refractivity contribution in [2.24, 2.45) is 16.8 Å². The van der Waals surface area contributed by atoms with Crippen molar-refractivity contribution in [3.05, 3.63) is 29.3 Å². The van der Waals surface area contributed by atoms with Crippen LogP contribution in [0.25, 0.3) is 0 Å². The second-order valence-electron chi connectivity index (χ2n) is 4.09. The molecular weight excluding hydrogens is 234 g/mol. The molecule has 0 aliphatic carbocycles. The largest absolute Gasteiger partial charge is 0.508 e. The summed E-state index contributed by atoms with van der Waals surface area (Å²) in [4.78, 5) is 11.9. The standard InChI is InChI=1S/C12H17N3O3/c1-7(11(13)15-18)6-14-12(17)9-4-3-5-10(16)8(9)2/h3-5,7,16,18H,6H2,1-2H3,(H2,13,15)(H,14,17). The molecule has 1 unspecified atom stereocenters. The normalized spacial score (nSPS) is 13.1. The summed E-state index contributed by atoms with van der Waals surface area (Å²) in [5, 5.41) is 23.5. The highest BCUT2D eigenvalue weighted by atomic mass is 16.4. The van der Waals surface area contributed by atoms with Crippen molar-refractivity contribution in [1.82, 2.24) is 5.32 Å². The van der Waals surface area contributed by atoms with Gasteiger partial charge < -0.3 is 21.4 Å². The number of phenolic OH excluding ortho intramolecular Hbond substituents is 1. The van der Waals surface area contributed by atoms with Crippen molar-refractivity contribution in [3.8, 4) is 5.75 Å². The topological polar surface area (TPSA) is 108 Å². The van der Waals surface area contributed by atoms with Crippen LogP contribution in [0.2, 0.25) is 0 Å². The molecule has 0 aliphatic heterocycles. The van der Waals surface area contributed by atoms with Crippen molar-refractivity contribution in [1.29, 1.82) is 0 Å². The van der Waals surface area contributed by atoms with Crippen LogP contribution in [-0.4, -0.2) is 28.6 Å². The van der Waals surface area contributed by atoms with Crippen LogP contribution in [0.4, 0.5) is 0 Å². The lowest BCUT2D eigenvalue weighted by Gasteiger charge is -2.12. The van der Waals surface area contributed by atoms with E-state index in [2.05, 4.69) is 10.5 Å². The molecule has 1 aromatic carbocycles. The highest BCUT2D eigenvalue weighted by Gasteiger charge is 2.13. The molecule has 0 radical (unpaired) electrons. The lowest BCUT2D eigenvalue weighted by Crippen LogP contribution is -2.34. The van der Waals surface area contributed by atoms with Crippen LogP contribution in [0.3, 0.4) is 0 Å². The Kier molecular flexibility index (Phi) is 4.53. The summed E-state index contributed by atoms with van der Waals surface area (Å²) in [6.07, 6.45) is 0. The third-order valence-electron chi connectivity index (χ3n) is 2.74. The summed E-state index contributed by atoms with van der Waals surface area (Å²) in [7, 11) is 0. The number of hydrogen-bond donors (Lipinski definition) is 4. The zero-order valence-electron chi connectivity index (χ0n) is 10.3. The van der Waals surface area contributed by atoms with Crippen molar-refractivity contribution in [2.45, 2.75) is 13.8 Å². The summed E-state index contributed by atoms with van der Waals surface area (Å²) in [6.45, 7) is 3.64. The fourth-order valence-corrected chi connectivity index (χ4v) is 1.41. The van der Waals surface area contributed by atoms with Gasteiger partial charge in [0.1, 0.15) is 11.6 Å². The second-order valence-corrected chi connectivity index (χ2v) is 4.09. The van der Waals surface area contributed by atoms with E-state index in [9.17, 15) is 9.90 Å². The molecule has 18 heavy (non-hydrogen) atoms. The van der Waals surface area contributed by atoms with E-state index in [-0.39, 0.29) is 30.0 Å². The van der Waals surface area contributed by atoms with E-state index in [1.807, 2.05) is 0 Å². The molecule has 1 atom stereocenters. The number of phenols is 1. The number of nitrogens with zero attached hydrogens (tertiary/aromatic N) is 1. The van der Waals surface area contributed by atoms with Crippen molar-refractivity contribution < 1.29 is 15.1 Å². The predicted octanol–water partition coefficient (Wildman–Crippen LogP) is 0.813. The number of rotatable bonds is 4. The Hall–Kier alpha value is -2.24. The number of nitrogens with two attached hydrogens (primary N) is 1. The number of amides is 1. The SMILES string of the molecule is Cc1c(O)cccc1C(=O)NCC(C)/C(N)=N/O. The summed E-state index contributed by atoms with van der Waals surface area (Å²) < 4.78 is 0. The fraction of sp³-hybridized carbons (Fsp3) is 0.333. The Morgan fingerprint density at radius 1 is 1.56 bits per heavy atom. The first-order valence-corrected chi connectivity index (χ1v) is 5.51. The molecule has 1 amide bonds. The number of aromatic hydroxyl groups is 1. The zero-order valence-corrected chi connectivity index (χ0v) is 10.3. The third kappa shape index (κ3) is 3.13. The van der Waals surface area contributed by atoms with Crippen LogP contribution in [0, 0.1) is 12.8 Å². The molecule has 6 nitrogen and oxygen atoms in total. The zero-order chi connectivity index (χ0) is 13.7. The monoisotopic (exact) mass is 251 g/mol. The number of carbonyl (C=O) groups is 1. The van der Waals surface area contributed by atoms with E-state index in [1.54, 1.807) is 26.0 Å². The van der Waals surface area contributed by atoms with E-state index in [0.29, 0.717) is 11.1 Å². The van der Waals surface area contributed by atoms with Crippen molar-refractivity contribution in [3.63, 3.8) is 0 Å². The van der Waals surface area contributed by atoms with Gasteiger partial charge in [-0.1, -0.05) is 18.1 Å². The smallest absolute Gasteiger partial charge is 0.251 e. The van der Waals surface area contributed by atoms with Gasteiger partial charge in [0.15, 0.2) is 0 Å². The molecule has 98 valence electrons. The number of oxime groups is 1. The van der Waals surface area contributed by atoms with Crippen LogP contribution in [-0.2, 0) is 0 Å². The summed E-state index contributed by atoms with van der Waals surface area (Å²) in [5.41, 5.74) is 6.33. The summed E-state index contributed by atoms with van der Waals surface area (Å²) in [5.74, 6) is -0.437. The molecule has 1 rings (SSSR count). The molecule has 0 saturated carbocycles. The average Bonchev–Trinajstić information content (AvgIpc) is 2.37. The Bertz CT molecular complexity index is 472. The van der Waals surface area contributed by atoms with E-state index >= 15 is 0 Å². The van der Waals surface area contributed by atoms with Gasteiger partial charge in [0.2, 0.25) is 0 Å². The summed E-state index contributed by atoms with van der Waals surface area (Å²) in [6, 6.07) is 4.74. The molecule has 5 N–H and O–H groups in total. The first kappa shape index (κ1) is 13.8. The predicted molar refractivity (Wildman–Crippen MR) is 67.7 cm³/mol. The first-order chi connectivity index (χ1) is 8.47. The first-order valence-electron chi connectivity index (χ1n) is 5.51. The van der Waals surface area contributed by atoms with Crippen LogP contribution in [0.15, 0.2) is 23.4 Å². The minimum Gasteiger partial charge on any atom is -0.508 e. The van der Waals surface area contributed by atoms with Crippen LogP contribution in [0.1, 0.15) is 22.8 Å². The highest BCUT2D eigenvalue weighted by molar-refractivity contribution is 5.96. The molecule has 0 saturated heterocycles. The van der Waals surface area contributed by atoms with Gasteiger partial charge in [-0.3, -0.25) is 4.79 Å². The van der Waals surface area contributed by atoms with Crippen molar-refractivity contribution in [2.75, 3.05) is 6.54 Å². The molecule has 0 spiro atoms. The van der Waals surface area contributed by atoms with Gasteiger partial charge in [-0.25, -0.2) is 0 Å². The van der Waals surface area contributed by atoms with E-state index in [0.717, 1.165) is 0 Å². The van der Waals surface area contributed by atoms with Crippen LogP contribution >= 0.6 is 0 Å². The van der Waals surface area contributed by atoms with Gasteiger partial charge in [-0.2, -0.15) is 0 Å². The van der Waals surface area contributed by atoms with Gasteiger partial charge >= 0.3 is 0 Å². The Morgan fingerprint density at radius 3 is 2.83 bits per heavy atom. The minimum atomic E-state index is -0.305. The van der Waals surface area contributed by atoms with E-state index in [4.69, 9.17) is 10.9 Å². The maximum atomic E-state index is 11.9. The summed E-state index contributed by atoms with van der Waals surface area (Å²) >= 11 is 0. The molecule has 0 bridgehead atoms. The maximum Gasteiger partial charge on any atom is 0.251 e. The quantitative estimate of drug-likeness (QED) is 0.275. The van der Waals surface area contributed by atoms with Gasteiger partial charge in [-0.05, 0) is 19.1 Å². The molecule has 6 heteroatoms. The molecule has 0 aliphatic rings. The van der Waals surface area contributed by atoms with Gasteiger partial charge in [0, 0.05) is 23.6 Å². The molecular formula is C12H17N3O3. The number of carbonyl (C=O) groups excluding carboxylic acids is 1. The van der Waals surface area contributed by atoms with Gasteiger partial charge in [0.05, 0.1) is 0 Å². The van der Waals surface area contributed by atoms with E-state index in [1.165, 1.54) is 6.07 Å². The third-order valence-corrected chi connectivity index (χ3v) is 2.74. The fourth-order valence-electron chi connectivity index (χ4n) is 1.41. The number of amidine groups is 1. The van der Waals surface area contributed by atoms with Crippen LogP contribution in [0.5, 0.6) is 5.75 Å². The molecule has 0 aromatic heterocycles. The molecule has 1 aromatic rings. The number of hydrogen-bond acceptors (Lipinski definition) is 4. The lowest BCUT2D eigenvalue weighted by atomic mass is 10.1. The van der Waals surface area contributed by atoms with Crippen molar-refractivity contribution >= 4 is 11.7 Å². The highest BCUT2D eigenvalue weighted by Crippen LogP contribution is 2.19. The van der Waals surface area contributed by atoms with Gasteiger partial charge in [-0.15, -0.1) is 0 Å². The molecule has 0 heterocycles. The Balaban J connectivity index is 2.69. The van der Waals surface area contributed by atoms with Gasteiger partial charge in [0.25, 0.3) is 5.91 Å². The second kappa shape index (κ2) is 5.90. The van der Waals surface area contributed by atoms with E-state index < -0.39 is 0 Å². The van der Waals surface area contributed by atoms with Crippen LogP contribution < -0.4 is 11.1 Å². The number of nitrogens with one attached hydrogen (secondary N) is 1.